The van der Waals surface area contributed by atoms with Crippen LogP contribution < -0.4 is 5.32 Å². The van der Waals surface area contributed by atoms with E-state index in [9.17, 15) is 4.79 Å². The van der Waals surface area contributed by atoms with Gasteiger partial charge in [-0.2, -0.15) is 0 Å². The highest BCUT2D eigenvalue weighted by molar-refractivity contribution is 14.1. The van der Waals surface area contributed by atoms with E-state index in [1.165, 1.54) is 6.08 Å². The minimum atomic E-state index is -0.177. The van der Waals surface area contributed by atoms with Gasteiger partial charge in [0.25, 0.3) is 0 Å². The van der Waals surface area contributed by atoms with E-state index in [1.807, 2.05) is 25.1 Å². The summed E-state index contributed by atoms with van der Waals surface area (Å²) in [6, 6.07) is 5.85. The van der Waals surface area contributed by atoms with E-state index in [-0.39, 0.29) is 5.91 Å². The average Bonchev–Trinajstić information content (AvgIpc) is 2.09. The Morgan fingerprint density at radius 3 is 2.85 bits per heavy atom. The van der Waals surface area contributed by atoms with Crippen LogP contribution in [0.25, 0.3) is 0 Å². The molecule has 1 aromatic rings. The van der Waals surface area contributed by atoms with Gasteiger partial charge < -0.3 is 5.32 Å². The van der Waals surface area contributed by atoms with Crippen molar-refractivity contribution < 1.29 is 4.79 Å². The molecule has 0 bridgehead atoms. The molecule has 1 N–H and O–H groups in total. The standard InChI is InChI=1S/C10H10INO/c1-3-10(13)12-9-5-4-8(11)6-7(9)2/h3-6H,1H2,2H3,(H,12,13). The van der Waals surface area contributed by atoms with Gasteiger partial charge in [-0.05, 0) is 59.4 Å². The lowest BCUT2D eigenvalue weighted by molar-refractivity contribution is -0.111. The summed E-state index contributed by atoms with van der Waals surface area (Å²) in [5, 5.41) is 2.73. The Kier molecular flexibility index (Phi) is 3.48. The van der Waals surface area contributed by atoms with Crippen LogP contribution in [0.5, 0.6) is 0 Å². The van der Waals surface area contributed by atoms with Crippen molar-refractivity contribution in [2.24, 2.45) is 0 Å². The Balaban J connectivity index is 2.89. The minimum Gasteiger partial charge on any atom is -0.322 e. The molecule has 1 rings (SSSR count). The first-order chi connectivity index (χ1) is 6.13. The Labute approximate surface area is 91.2 Å². The Morgan fingerprint density at radius 2 is 2.31 bits per heavy atom. The van der Waals surface area contributed by atoms with E-state index in [0.29, 0.717) is 0 Å². The molecule has 0 spiro atoms. The van der Waals surface area contributed by atoms with Crippen LogP contribution in [0, 0.1) is 10.5 Å². The highest BCUT2D eigenvalue weighted by Crippen LogP contribution is 2.17. The molecule has 1 aromatic carbocycles. The number of aryl methyl sites for hydroxylation is 1. The Hall–Kier alpha value is -0.840. The Morgan fingerprint density at radius 1 is 1.62 bits per heavy atom. The predicted octanol–water partition coefficient (Wildman–Crippen LogP) is 2.72. The number of nitrogens with one attached hydrogen (secondary N) is 1. The fourth-order valence-corrected chi connectivity index (χ4v) is 1.60. The van der Waals surface area contributed by atoms with Gasteiger partial charge in [0.15, 0.2) is 0 Å². The first-order valence-electron chi connectivity index (χ1n) is 3.83. The average molecular weight is 287 g/mol. The molecule has 0 aliphatic carbocycles. The first kappa shape index (κ1) is 10.2. The molecule has 0 radical (unpaired) electrons. The third-order valence-corrected chi connectivity index (χ3v) is 2.30. The number of amides is 1. The second-order valence-electron chi connectivity index (χ2n) is 2.65. The zero-order chi connectivity index (χ0) is 9.84. The largest absolute Gasteiger partial charge is 0.322 e. The summed E-state index contributed by atoms with van der Waals surface area (Å²) in [5.74, 6) is -0.177. The number of anilines is 1. The van der Waals surface area contributed by atoms with Crippen molar-refractivity contribution in [1.29, 1.82) is 0 Å². The second-order valence-corrected chi connectivity index (χ2v) is 3.90. The van der Waals surface area contributed by atoms with Crippen LogP contribution in [0.2, 0.25) is 0 Å². The molecule has 0 aliphatic heterocycles. The van der Waals surface area contributed by atoms with Crippen molar-refractivity contribution in [2.75, 3.05) is 5.32 Å². The molecule has 0 heterocycles. The van der Waals surface area contributed by atoms with Gasteiger partial charge >= 0.3 is 0 Å². The number of hydrogen-bond donors (Lipinski definition) is 1. The van der Waals surface area contributed by atoms with Gasteiger partial charge in [0.05, 0.1) is 0 Å². The first-order valence-corrected chi connectivity index (χ1v) is 4.91. The van der Waals surface area contributed by atoms with E-state index in [4.69, 9.17) is 0 Å². The lowest BCUT2D eigenvalue weighted by Gasteiger charge is -2.05. The van der Waals surface area contributed by atoms with Crippen LogP contribution in [0.15, 0.2) is 30.9 Å². The molecule has 2 nitrogen and oxygen atoms in total. The van der Waals surface area contributed by atoms with Crippen molar-refractivity contribution in [3.8, 4) is 0 Å². The van der Waals surface area contributed by atoms with Gasteiger partial charge in [-0.15, -0.1) is 0 Å². The van der Waals surface area contributed by atoms with Crippen molar-refractivity contribution in [2.45, 2.75) is 6.92 Å². The molecule has 0 aromatic heterocycles. The zero-order valence-corrected chi connectivity index (χ0v) is 9.46. The highest BCUT2D eigenvalue weighted by atomic mass is 127. The number of hydrogen-bond acceptors (Lipinski definition) is 1. The summed E-state index contributed by atoms with van der Waals surface area (Å²) >= 11 is 2.23. The fraction of sp³-hybridized carbons (Fsp3) is 0.100. The van der Waals surface area contributed by atoms with Gasteiger partial charge in [0, 0.05) is 9.26 Å². The van der Waals surface area contributed by atoms with Crippen LogP contribution >= 0.6 is 22.6 Å². The van der Waals surface area contributed by atoms with E-state index >= 15 is 0 Å². The molecular weight excluding hydrogens is 277 g/mol. The summed E-state index contributed by atoms with van der Waals surface area (Å²) in [7, 11) is 0. The molecule has 0 fully saturated rings. The topological polar surface area (TPSA) is 29.1 Å². The molecule has 0 saturated heterocycles. The fourth-order valence-electron chi connectivity index (χ4n) is 0.951. The molecule has 0 atom stereocenters. The number of benzene rings is 1. The number of carbonyl (C=O) groups is 1. The smallest absolute Gasteiger partial charge is 0.247 e. The highest BCUT2D eigenvalue weighted by Gasteiger charge is 2.00. The van der Waals surface area contributed by atoms with E-state index in [1.54, 1.807) is 0 Å². The maximum atomic E-state index is 11.0. The quantitative estimate of drug-likeness (QED) is 0.657. The van der Waals surface area contributed by atoms with E-state index in [2.05, 4.69) is 34.5 Å². The maximum Gasteiger partial charge on any atom is 0.247 e. The number of carbonyl (C=O) groups excluding carboxylic acids is 1. The van der Waals surface area contributed by atoms with Gasteiger partial charge in [-0.1, -0.05) is 6.58 Å². The van der Waals surface area contributed by atoms with Crippen LogP contribution in [0.4, 0.5) is 5.69 Å². The molecule has 13 heavy (non-hydrogen) atoms. The monoisotopic (exact) mass is 287 g/mol. The van der Waals surface area contributed by atoms with Gasteiger partial charge in [-0.25, -0.2) is 0 Å². The minimum absolute atomic E-state index is 0.177. The SMILES string of the molecule is C=CC(=O)Nc1ccc(I)cc1C. The van der Waals surface area contributed by atoms with Crippen molar-refractivity contribution in [3.63, 3.8) is 0 Å². The second kappa shape index (κ2) is 4.41. The molecular formula is C10H10INO. The third kappa shape index (κ3) is 2.84. The van der Waals surface area contributed by atoms with Crippen LogP contribution in [-0.4, -0.2) is 5.91 Å². The summed E-state index contributed by atoms with van der Waals surface area (Å²) in [4.78, 5) is 11.0. The summed E-state index contributed by atoms with van der Waals surface area (Å²) in [6.45, 7) is 5.35. The van der Waals surface area contributed by atoms with Crippen molar-refractivity contribution in [1.82, 2.24) is 0 Å². The number of rotatable bonds is 2. The normalized spacial score (nSPS) is 9.38. The lowest BCUT2D eigenvalue weighted by Crippen LogP contribution is -2.08. The van der Waals surface area contributed by atoms with Gasteiger partial charge in [-0.3, -0.25) is 4.79 Å². The summed E-state index contributed by atoms with van der Waals surface area (Å²) < 4.78 is 1.16. The molecule has 3 heteroatoms. The van der Waals surface area contributed by atoms with Crippen molar-refractivity contribution in [3.05, 3.63) is 40.0 Å². The molecule has 1 amide bonds. The molecule has 68 valence electrons. The van der Waals surface area contributed by atoms with E-state index < -0.39 is 0 Å². The predicted molar refractivity (Wildman–Crippen MR) is 62.7 cm³/mol. The lowest BCUT2D eigenvalue weighted by atomic mass is 10.2. The van der Waals surface area contributed by atoms with Gasteiger partial charge in [0.2, 0.25) is 5.91 Å². The Bertz CT molecular complexity index is 347. The van der Waals surface area contributed by atoms with Gasteiger partial charge in [0.1, 0.15) is 0 Å². The third-order valence-electron chi connectivity index (χ3n) is 1.63. The van der Waals surface area contributed by atoms with Crippen LogP contribution in [0.3, 0.4) is 0 Å². The molecule has 0 saturated carbocycles. The summed E-state index contributed by atoms with van der Waals surface area (Å²) in [5.41, 5.74) is 1.90. The van der Waals surface area contributed by atoms with Crippen LogP contribution in [-0.2, 0) is 4.79 Å². The number of halogens is 1. The molecule has 0 aliphatic rings. The summed E-state index contributed by atoms with van der Waals surface area (Å²) in [6.07, 6.45) is 1.26. The van der Waals surface area contributed by atoms with Crippen LogP contribution in [0.1, 0.15) is 5.56 Å². The van der Waals surface area contributed by atoms with E-state index in [0.717, 1.165) is 14.8 Å². The van der Waals surface area contributed by atoms with Crippen molar-refractivity contribution >= 4 is 34.2 Å². The zero-order valence-electron chi connectivity index (χ0n) is 7.30. The molecule has 0 unspecified atom stereocenters. The maximum absolute atomic E-state index is 11.0.